The van der Waals surface area contributed by atoms with Crippen molar-refractivity contribution in [3.8, 4) is 0 Å². The minimum Gasteiger partial charge on any atom is -0.450 e. The first-order valence-electron chi connectivity index (χ1n) is 4.76. The smallest absolute Gasteiger partial charge is 0.408 e. The second kappa shape index (κ2) is 5.32. The molecule has 0 aromatic heterocycles. The molecule has 1 heterocycles. The minimum absolute atomic E-state index is 0.143. The quantitative estimate of drug-likeness (QED) is 0.729. The number of Topliss-reactive ketones (excluding diaryl/α,β-unsaturated/α-hetero) is 1. The molecule has 0 aromatic rings. The molecule has 0 spiro atoms. The molecule has 1 aliphatic rings. The molecule has 1 unspecified atom stereocenters. The Morgan fingerprint density at radius 3 is 2.80 bits per heavy atom. The molecule has 0 saturated carbocycles. The Morgan fingerprint density at radius 1 is 1.60 bits per heavy atom. The zero-order valence-corrected chi connectivity index (χ0v) is 9.30. The van der Waals surface area contributed by atoms with E-state index in [0.29, 0.717) is 13.0 Å². The maximum absolute atomic E-state index is 11.6. The van der Waals surface area contributed by atoms with Crippen LogP contribution in [0.15, 0.2) is 0 Å². The van der Waals surface area contributed by atoms with Gasteiger partial charge >= 0.3 is 6.09 Å². The summed E-state index contributed by atoms with van der Waals surface area (Å²) >= 11 is 5.48. The standard InChI is InChI=1S/C9H14ClNO4/c1-2-15-8(13)11-9(7(12)5-10)3-4-14-6-9/h2-6H2,1H3,(H,11,13). The van der Waals surface area contributed by atoms with Crippen LogP contribution in [0, 0.1) is 0 Å². The first kappa shape index (κ1) is 12.3. The zero-order valence-electron chi connectivity index (χ0n) is 8.55. The molecule has 1 atom stereocenters. The van der Waals surface area contributed by atoms with Gasteiger partial charge in [-0.15, -0.1) is 11.6 Å². The van der Waals surface area contributed by atoms with Crippen LogP contribution < -0.4 is 5.32 Å². The van der Waals surface area contributed by atoms with Crippen LogP contribution in [0.4, 0.5) is 4.79 Å². The highest BCUT2D eigenvalue weighted by molar-refractivity contribution is 6.29. The molecule has 15 heavy (non-hydrogen) atoms. The molecular formula is C9H14ClNO4. The van der Waals surface area contributed by atoms with E-state index in [9.17, 15) is 9.59 Å². The van der Waals surface area contributed by atoms with Crippen LogP contribution in [0.1, 0.15) is 13.3 Å². The number of ether oxygens (including phenoxy) is 2. The summed E-state index contributed by atoms with van der Waals surface area (Å²) < 4.78 is 9.84. The molecule has 1 amide bonds. The van der Waals surface area contributed by atoms with Crippen LogP contribution in [-0.4, -0.2) is 43.1 Å². The molecule has 0 radical (unpaired) electrons. The Labute approximate surface area is 93.1 Å². The lowest BCUT2D eigenvalue weighted by molar-refractivity contribution is -0.122. The Kier molecular flexibility index (Phi) is 4.35. The predicted molar refractivity (Wildman–Crippen MR) is 54.1 cm³/mol. The van der Waals surface area contributed by atoms with Gasteiger partial charge in [-0.1, -0.05) is 0 Å². The molecule has 0 aliphatic carbocycles. The Hall–Kier alpha value is -0.810. The summed E-state index contributed by atoms with van der Waals surface area (Å²) in [6, 6.07) is 0. The molecule has 0 bridgehead atoms. The van der Waals surface area contributed by atoms with E-state index in [-0.39, 0.29) is 24.9 Å². The first-order chi connectivity index (χ1) is 7.14. The van der Waals surface area contributed by atoms with E-state index in [4.69, 9.17) is 21.1 Å². The van der Waals surface area contributed by atoms with Gasteiger partial charge in [-0.25, -0.2) is 4.79 Å². The fourth-order valence-corrected chi connectivity index (χ4v) is 1.70. The number of halogens is 1. The summed E-state index contributed by atoms with van der Waals surface area (Å²) in [5.41, 5.74) is -0.992. The Balaban J connectivity index is 2.65. The highest BCUT2D eigenvalue weighted by atomic mass is 35.5. The maximum Gasteiger partial charge on any atom is 0.408 e. The molecule has 6 heteroatoms. The third-order valence-corrected chi connectivity index (χ3v) is 2.54. The van der Waals surface area contributed by atoms with Gasteiger partial charge in [-0.05, 0) is 6.92 Å². The van der Waals surface area contributed by atoms with Gasteiger partial charge in [0.1, 0.15) is 5.54 Å². The predicted octanol–water partition coefficient (Wildman–Crippen LogP) is 0.700. The third kappa shape index (κ3) is 2.82. The second-order valence-corrected chi connectivity index (χ2v) is 3.55. The molecule has 1 aliphatic heterocycles. The number of alkyl halides is 1. The van der Waals surface area contributed by atoms with Gasteiger partial charge in [0.15, 0.2) is 5.78 Å². The number of alkyl carbamates (subject to hydrolysis) is 1. The molecule has 1 N–H and O–H groups in total. The van der Waals surface area contributed by atoms with Crippen molar-refractivity contribution in [1.29, 1.82) is 0 Å². The van der Waals surface area contributed by atoms with Crippen LogP contribution in [0.5, 0.6) is 0 Å². The van der Waals surface area contributed by atoms with Crippen LogP contribution in [-0.2, 0) is 14.3 Å². The molecule has 1 rings (SSSR count). The first-order valence-corrected chi connectivity index (χ1v) is 5.30. The lowest BCUT2D eigenvalue weighted by Crippen LogP contribution is -2.55. The zero-order chi connectivity index (χ0) is 11.3. The maximum atomic E-state index is 11.6. The summed E-state index contributed by atoms with van der Waals surface area (Å²) in [6.07, 6.45) is -0.168. The van der Waals surface area contributed by atoms with E-state index in [2.05, 4.69) is 5.32 Å². The van der Waals surface area contributed by atoms with Crippen molar-refractivity contribution < 1.29 is 19.1 Å². The number of nitrogens with one attached hydrogen (secondary N) is 1. The third-order valence-electron chi connectivity index (χ3n) is 2.29. The molecule has 5 nitrogen and oxygen atoms in total. The minimum atomic E-state index is -0.992. The van der Waals surface area contributed by atoms with Gasteiger partial charge < -0.3 is 14.8 Å². The van der Waals surface area contributed by atoms with E-state index in [0.717, 1.165) is 0 Å². The average Bonchev–Trinajstić information content (AvgIpc) is 2.66. The molecule has 1 saturated heterocycles. The highest BCUT2D eigenvalue weighted by Gasteiger charge is 2.43. The van der Waals surface area contributed by atoms with Crippen molar-refractivity contribution in [2.75, 3.05) is 25.7 Å². The van der Waals surface area contributed by atoms with Crippen molar-refractivity contribution in [2.45, 2.75) is 18.9 Å². The summed E-state index contributed by atoms with van der Waals surface area (Å²) in [5, 5.41) is 2.52. The SMILES string of the molecule is CCOC(=O)NC1(C(=O)CCl)CCOC1. The number of amides is 1. The van der Waals surface area contributed by atoms with Crippen LogP contribution in [0.3, 0.4) is 0 Å². The van der Waals surface area contributed by atoms with Crippen molar-refractivity contribution in [3.05, 3.63) is 0 Å². The highest BCUT2D eigenvalue weighted by Crippen LogP contribution is 2.20. The molecule has 0 aromatic carbocycles. The van der Waals surface area contributed by atoms with Gasteiger partial charge in [0, 0.05) is 13.0 Å². The lowest BCUT2D eigenvalue weighted by atomic mass is 9.94. The number of ketones is 1. The van der Waals surface area contributed by atoms with Gasteiger partial charge in [0.25, 0.3) is 0 Å². The van der Waals surface area contributed by atoms with Crippen molar-refractivity contribution in [3.63, 3.8) is 0 Å². The van der Waals surface area contributed by atoms with E-state index in [1.54, 1.807) is 6.92 Å². The lowest BCUT2D eigenvalue weighted by Gasteiger charge is -2.25. The van der Waals surface area contributed by atoms with Crippen LogP contribution >= 0.6 is 11.6 Å². The molecular weight excluding hydrogens is 222 g/mol. The topological polar surface area (TPSA) is 64.6 Å². The van der Waals surface area contributed by atoms with Crippen LogP contribution in [0.25, 0.3) is 0 Å². The number of rotatable bonds is 4. The summed E-state index contributed by atoms with van der Waals surface area (Å²) in [5.74, 6) is -0.384. The fraction of sp³-hybridized carbons (Fsp3) is 0.778. The number of hydrogen-bond acceptors (Lipinski definition) is 4. The van der Waals surface area contributed by atoms with E-state index < -0.39 is 11.6 Å². The number of carbonyl (C=O) groups is 2. The summed E-state index contributed by atoms with van der Waals surface area (Å²) in [4.78, 5) is 22.8. The Morgan fingerprint density at radius 2 is 2.33 bits per heavy atom. The van der Waals surface area contributed by atoms with Crippen molar-refractivity contribution in [2.24, 2.45) is 0 Å². The largest absolute Gasteiger partial charge is 0.450 e. The number of hydrogen-bond donors (Lipinski definition) is 1. The summed E-state index contributed by atoms with van der Waals surface area (Å²) in [7, 11) is 0. The fourth-order valence-electron chi connectivity index (χ4n) is 1.44. The normalized spacial score (nSPS) is 24.9. The van der Waals surface area contributed by atoms with E-state index in [1.807, 2.05) is 0 Å². The summed E-state index contributed by atoms with van der Waals surface area (Å²) in [6.45, 7) is 2.56. The van der Waals surface area contributed by atoms with E-state index >= 15 is 0 Å². The number of carbonyl (C=O) groups excluding carboxylic acids is 2. The van der Waals surface area contributed by atoms with Crippen LogP contribution in [0.2, 0.25) is 0 Å². The van der Waals surface area contributed by atoms with Gasteiger partial charge in [0.2, 0.25) is 0 Å². The van der Waals surface area contributed by atoms with E-state index in [1.165, 1.54) is 0 Å². The molecule has 1 fully saturated rings. The van der Waals surface area contributed by atoms with Gasteiger partial charge in [0.05, 0.1) is 19.1 Å². The Bertz CT molecular complexity index is 250. The second-order valence-electron chi connectivity index (χ2n) is 3.29. The monoisotopic (exact) mass is 235 g/mol. The van der Waals surface area contributed by atoms with Gasteiger partial charge in [-0.3, -0.25) is 4.79 Å². The van der Waals surface area contributed by atoms with Gasteiger partial charge in [-0.2, -0.15) is 0 Å². The van der Waals surface area contributed by atoms with Crippen molar-refractivity contribution >= 4 is 23.5 Å². The van der Waals surface area contributed by atoms with Crippen molar-refractivity contribution in [1.82, 2.24) is 5.32 Å². The molecule has 86 valence electrons. The average molecular weight is 236 g/mol.